The van der Waals surface area contributed by atoms with E-state index in [0.717, 1.165) is 30.4 Å². The molecule has 2 aliphatic carbocycles. The number of hydrogen-bond acceptors (Lipinski definition) is 3. The Morgan fingerprint density at radius 1 is 1.07 bits per heavy atom. The molecule has 2 aliphatic rings. The predicted octanol–water partition coefficient (Wildman–Crippen LogP) is 5.24. The predicted molar refractivity (Wildman–Crippen MR) is 114 cm³/mol. The molecule has 2 fully saturated rings. The monoisotopic (exact) mass is 390 g/mol. The summed E-state index contributed by atoms with van der Waals surface area (Å²) in [5, 5.41) is 12.7. The molecule has 0 radical (unpaired) electrons. The highest BCUT2D eigenvalue weighted by atomic mass is 16.5. The number of rotatable bonds is 5. The summed E-state index contributed by atoms with van der Waals surface area (Å²) >= 11 is 0. The normalized spacial score (nSPS) is 28.0. The highest BCUT2D eigenvalue weighted by molar-refractivity contribution is 5.82. The smallest absolute Gasteiger partial charge is 0.330 e. The van der Waals surface area contributed by atoms with Gasteiger partial charge in [-0.3, -0.25) is 0 Å². The van der Waals surface area contributed by atoms with E-state index in [9.17, 15) is 9.90 Å². The fourth-order valence-electron chi connectivity index (χ4n) is 6.28. The van der Waals surface area contributed by atoms with Crippen LogP contribution in [-0.2, 0) is 15.1 Å². The summed E-state index contributed by atoms with van der Waals surface area (Å²) in [4.78, 5) is 12.4. The number of carbonyl (C=O) groups excluding carboxylic acids is 1. The Morgan fingerprint density at radius 2 is 1.62 bits per heavy atom. The number of carbonyl (C=O) groups is 1. The first-order valence-electron chi connectivity index (χ1n) is 10.5. The molecule has 3 atom stereocenters. The van der Waals surface area contributed by atoms with Crippen molar-refractivity contribution in [3.8, 4) is 0 Å². The molecule has 0 spiro atoms. The van der Waals surface area contributed by atoms with Gasteiger partial charge >= 0.3 is 5.97 Å². The molecule has 0 saturated heterocycles. The highest BCUT2D eigenvalue weighted by Gasteiger charge is 2.74. The Morgan fingerprint density at radius 3 is 2.10 bits per heavy atom. The van der Waals surface area contributed by atoms with Gasteiger partial charge in [-0.25, -0.2) is 4.79 Å². The van der Waals surface area contributed by atoms with Crippen LogP contribution in [0, 0.1) is 16.7 Å². The molecule has 0 unspecified atom stereocenters. The lowest BCUT2D eigenvalue weighted by Crippen LogP contribution is -2.57. The van der Waals surface area contributed by atoms with Crippen LogP contribution >= 0.6 is 0 Å². The Balaban J connectivity index is 1.94. The Bertz CT molecular complexity index is 861. The lowest BCUT2D eigenvalue weighted by atomic mass is 9.54. The standard InChI is InChI=1S/C26H30O3/c1-4-11-23(27)29-22-18-21-16-17-25(22,24(21,2)3)26(28,19-12-7-5-8-13-19)20-14-9-6-10-15-20/h4-15,21-22,28H,16-18H2,1-3H3/b11-4+/t21-,22-,25-/m1/s1. The molecule has 2 saturated carbocycles. The van der Waals surface area contributed by atoms with Crippen molar-refractivity contribution in [1.82, 2.24) is 0 Å². The Hall–Kier alpha value is -2.39. The van der Waals surface area contributed by atoms with Crippen LogP contribution in [-0.4, -0.2) is 17.2 Å². The maximum absolute atomic E-state index is 12.7. The molecular formula is C26H30O3. The fourth-order valence-corrected chi connectivity index (χ4v) is 6.28. The van der Waals surface area contributed by atoms with E-state index in [4.69, 9.17) is 4.74 Å². The van der Waals surface area contributed by atoms with Crippen LogP contribution in [0.15, 0.2) is 72.8 Å². The van der Waals surface area contributed by atoms with Crippen molar-refractivity contribution in [1.29, 1.82) is 0 Å². The average Bonchev–Trinajstić information content (AvgIpc) is 3.11. The molecule has 0 heterocycles. The Labute approximate surface area is 173 Å². The topological polar surface area (TPSA) is 46.5 Å². The second-order valence-corrected chi connectivity index (χ2v) is 9.03. The van der Waals surface area contributed by atoms with Gasteiger partial charge in [0.25, 0.3) is 0 Å². The quantitative estimate of drug-likeness (QED) is 0.561. The van der Waals surface area contributed by atoms with Crippen LogP contribution in [0.25, 0.3) is 0 Å². The summed E-state index contributed by atoms with van der Waals surface area (Å²) in [5.41, 5.74) is -0.341. The summed E-state index contributed by atoms with van der Waals surface area (Å²) in [6.07, 6.45) is 5.47. The number of hydrogen-bond donors (Lipinski definition) is 1. The van der Waals surface area contributed by atoms with Crippen LogP contribution in [0.1, 0.15) is 51.2 Å². The number of esters is 1. The van der Waals surface area contributed by atoms with E-state index < -0.39 is 11.0 Å². The number of ether oxygens (including phenoxy) is 1. The third-order valence-electron chi connectivity index (χ3n) is 7.70. The molecule has 2 aromatic carbocycles. The van der Waals surface area contributed by atoms with Gasteiger partial charge in [-0.1, -0.05) is 80.6 Å². The van der Waals surface area contributed by atoms with Crippen molar-refractivity contribution in [2.75, 3.05) is 0 Å². The molecule has 29 heavy (non-hydrogen) atoms. The van der Waals surface area contributed by atoms with Crippen molar-refractivity contribution in [3.63, 3.8) is 0 Å². The van der Waals surface area contributed by atoms with Gasteiger partial charge < -0.3 is 9.84 Å². The van der Waals surface area contributed by atoms with Gasteiger partial charge in [-0.2, -0.15) is 0 Å². The number of fused-ring (bicyclic) bond motifs is 2. The second-order valence-electron chi connectivity index (χ2n) is 9.03. The minimum atomic E-state index is -1.26. The lowest BCUT2D eigenvalue weighted by Gasteiger charge is -2.53. The van der Waals surface area contributed by atoms with E-state index in [1.807, 2.05) is 67.6 Å². The van der Waals surface area contributed by atoms with Gasteiger partial charge in [-0.15, -0.1) is 0 Å². The molecule has 3 nitrogen and oxygen atoms in total. The molecule has 1 N–H and O–H groups in total. The van der Waals surface area contributed by atoms with Crippen molar-refractivity contribution in [2.45, 2.75) is 51.7 Å². The van der Waals surface area contributed by atoms with Crippen molar-refractivity contribution in [3.05, 3.63) is 83.9 Å². The number of allylic oxidation sites excluding steroid dienone is 1. The highest BCUT2D eigenvalue weighted by Crippen LogP contribution is 2.73. The molecule has 3 heteroatoms. The van der Waals surface area contributed by atoms with Gasteiger partial charge in [0, 0.05) is 11.5 Å². The molecule has 0 aromatic heterocycles. The average molecular weight is 391 g/mol. The summed E-state index contributed by atoms with van der Waals surface area (Å²) < 4.78 is 6.03. The first-order valence-corrected chi connectivity index (χ1v) is 10.5. The number of benzene rings is 2. The van der Waals surface area contributed by atoms with Crippen LogP contribution < -0.4 is 0 Å². The lowest BCUT2D eigenvalue weighted by molar-refractivity contribution is -0.180. The molecule has 4 rings (SSSR count). The van der Waals surface area contributed by atoms with Crippen molar-refractivity contribution < 1.29 is 14.6 Å². The second kappa shape index (κ2) is 7.14. The molecule has 152 valence electrons. The minimum absolute atomic E-state index is 0.186. The van der Waals surface area contributed by atoms with E-state index in [1.165, 1.54) is 6.08 Å². The first-order chi connectivity index (χ1) is 13.9. The summed E-state index contributed by atoms with van der Waals surface area (Å²) in [5.74, 6) is 0.0774. The molecular weight excluding hydrogens is 360 g/mol. The first kappa shape index (κ1) is 19.9. The molecule has 0 amide bonds. The molecule has 0 aliphatic heterocycles. The third kappa shape index (κ3) is 2.71. The van der Waals surface area contributed by atoms with Crippen molar-refractivity contribution >= 4 is 5.97 Å². The van der Waals surface area contributed by atoms with Crippen LogP contribution in [0.3, 0.4) is 0 Å². The zero-order valence-electron chi connectivity index (χ0n) is 17.5. The third-order valence-corrected chi connectivity index (χ3v) is 7.70. The van der Waals surface area contributed by atoms with E-state index in [1.54, 1.807) is 6.08 Å². The zero-order valence-corrected chi connectivity index (χ0v) is 17.5. The molecule has 2 bridgehead atoms. The fraction of sp³-hybridized carbons (Fsp3) is 0.423. The Kier molecular flexibility index (Phi) is 4.90. The largest absolute Gasteiger partial charge is 0.458 e. The van der Waals surface area contributed by atoms with E-state index in [2.05, 4.69) is 13.8 Å². The van der Waals surface area contributed by atoms with Gasteiger partial charge in [-0.05, 0) is 48.6 Å². The van der Waals surface area contributed by atoms with Crippen molar-refractivity contribution in [2.24, 2.45) is 16.7 Å². The summed E-state index contributed by atoms with van der Waals surface area (Å²) in [6, 6.07) is 19.8. The molecule has 2 aromatic rings. The SMILES string of the molecule is C/C=C/C(=O)O[C@@H]1C[C@H]2CC[C@]1(C(O)(c1ccccc1)c1ccccc1)C2(C)C. The summed E-state index contributed by atoms with van der Waals surface area (Å²) in [6.45, 7) is 6.29. The van der Waals surface area contributed by atoms with E-state index in [-0.39, 0.29) is 17.5 Å². The van der Waals surface area contributed by atoms with Crippen LogP contribution in [0.4, 0.5) is 0 Å². The van der Waals surface area contributed by atoms with Gasteiger partial charge in [0.05, 0.1) is 0 Å². The zero-order chi connectivity index (χ0) is 20.7. The van der Waals surface area contributed by atoms with Gasteiger partial charge in [0.1, 0.15) is 11.7 Å². The van der Waals surface area contributed by atoms with Gasteiger partial charge in [0.2, 0.25) is 0 Å². The van der Waals surface area contributed by atoms with E-state index >= 15 is 0 Å². The van der Waals surface area contributed by atoms with Crippen LogP contribution in [0.5, 0.6) is 0 Å². The maximum Gasteiger partial charge on any atom is 0.330 e. The van der Waals surface area contributed by atoms with Crippen LogP contribution in [0.2, 0.25) is 0 Å². The maximum atomic E-state index is 12.7. The van der Waals surface area contributed by atoms with Gasteiger partial charge in [0.15, 0.2) is 0 Å². The van der Waals surface area contributed by atoms with E-state index in [0.29, 0.717) is 5.92 Å². The summed E-state index contributed by atoms with van der Waals surface area (Å²) in [7, 11) is 0. The number of aliphatic hydroxyl groups is 1. The minimum Gasteiger partial charge on any atom is -0.458 e.